The summed E-state index contributed by atoms with van der Waals surface area (Å²) in [5.41, 5.74) is 2.56. The third-order valence-electron chi connectivity index (χ3n) is 7.51. The maximum Gasteiger partial charge on any atom is 0.344 e. The maximum atomic E-state index is 13.0. The van der Waals surface area contributed by atoms with Crippen LogP contribution in [0, 0.1) is 11.8 Å². The summed E-state index contributed by atoms with van der Waals surface area (Å²) in [5.74, 6) is 1.58. The molecule has 1 aliphatic carbocycles. The Kier molecular flexibility index (Phi) is 6.52. The molecule has 0 radical (unpaired) electrons. The van der Waals surface area contributed by atoms with Gasteiger partial charge < -0.3 is 14.8 Å². The van der Waals surface area contributed by atoms with Crippen LogP contribution in [0.5, 0.6) is 11.5 Å². The summed E-state index contributed by atoms with van der Waals surface area (Å²) in [6.07, 6.45) is 3.73. The number of nitrogens with one attached hydrogen (secondary N) is 2. The van der Waals surface area contributed by atoms with E-state index in [-0.39, 0.29) is 25.3 Å². The number of hydrogen-bond acceptors (Lipinski definition) is 6. The Labute approximate surface area is 194 Å². The van der Waals surface area contributed by atoms with Gasteiger partial charge in [-0.05, 0) is 49.3 Å². The molecule has 1 aromatic rings. The number of hydrogen-bond donors (Lipinski definition) is 2. The van der Waals surface area contributed by atoms with Crippen LogP contribution in [0.25, 0.3) is 0 Å². The number of hydrazine groups is 1. The zero-order valence-electron chi connectivity index (χ0n) is 19.8. The first-order valence-electron chi connectivity index (χ1n) is 11.8. The van der Waals surface area contributed by atoms with Crippen molar-refractivity contribution in [3.63, 3.8) is 0 Å². The smallest absolute Gasteiger partial charge is 0.344 e. The molecule has 3 aliphatic rings. The Morgan fingerprint density at radius 3 is 2.73 bits per heavy atom. The molecule has 0 aromatic heterocycles. The minimum absolute atomic E-state index is 0.0794. The average Bonchev–Trinajstić information content (AvgIpc) is 3.33. The van der Waals surface area contributed by atoms with Gasteiger partial charge in [0.2, 0.25) is 6.79 Å². The van der Waals surface area contributed by atoms with Gasteiger partial charge in [0.15, 0.2) is 11.5 Å². The number of imide groups is 1. The van der Waals surface area contributed by atoms with Gasteiger partial charge in [0.25, 0.3) is 11.8 Å². The minimum atomic E-state index is -0.996. The summed E-state index contributed by atoms with van der Waals surface area (Å²) in [6.45, 7) is 8.83. The van der Waals surface area contributed by atoms with Crippen LogP contribution in [0.3, 0.4) is 0 Å². The highest BCUT2D eigenvalue weighted by atomic mass is 16.7. The van der Waals surface area contributed by atoms with Crippen molar-refractivity contribution in [3.8, 4) is 11.5 Å². The lowest BCUT2D eigenvalue weighted by Crippen LogP contribution is -2.53. The first-order chi connectivity index (χ1) is 15.7. The molecule has 4 atom stereocenters. The van der Waals surface area contributed by atoms with Crippen LogP contribution in [0.15, 0.2) is 18.2 Å². The first kappa shape index (κ1) is 23.4. The quantitative estimate of drug-likeness (QED) is 0.610. The van der Waals surface area contributed by atoms with Crippen LogP contribution in [0.1, 0.15) is 58.9 Å². The van der Waals surface area contributed by atoms with Crippen molar-refractivity contribution in [1.29, 1.82) is 0 Å². The molecule has 9 nitrogen and oxygen atoms in total. The molecular weight excluding hydrogens is 424 g/mol. The molecule has 2 fully saturated rings. The molecule has 0 spiro atoms. The van der Waals surface area contributed by atoms with Crippen molar-refractivity contribution in [1.82, 2.24) is 20.7 Å². The Bertz CT molecular complexity index is 937. The van der Waals surface area contributed by atoms with Gasteiger partial charge in [0.1, 0.15) is 5.54 Å². The molecule has 0 unspecified atom stereocenters. The highest BCUT2D eigenvalue weighted by Gasteiger charge is 2.47. The van der Waals surface area contributed by atoms with Gasteiger partial charge in [-0.1, -0.05) is 39.7 Å². The molecule has 33 heavy (non-hydrogen) atoms. The molecule has 4 amide bonds. The molecular formula is C24H34N4O5. The van der Waals surface area contributed by atoms with Crippen molar-refractivity contribution < 1.29 is 23.9 Å². The fraction of sp³-hybridized carbons (Fsp3) is 0.625. The van der Waals surface area contributed by atoms with Crippen LogP contribution in [-0.2, 0) is 16.1 Å². The molecule has 180 valence electrons. The number of nitrogens with zero attached hydrogens (tertiary/aromatic N) is 2. The van der Waals surface area contributed by atoms with E-state index in [1.165, 1.54) is 6.42 Å². The lowest BCUT2D eigenvalue weighted by molar-refractivity contribution is -0.139. The summed E-state index contributed by atoms with van der Waals surface area (Å²) in [7, 11) is 0. The number of fused-ring (bicyclic) bond motifs is 1. The summed E-state index contributed by atoms with van der Waals surface area (Å²) in [6, 6.07) is 5.45. The number of rotatable bonds is 7. The van der Waals surface area contributed by atoms with Crippen molar-refractivity contribution in [2.24, 2.45) is 11.8 Å². The highest BCUT2D eigenvalue weighted by Crippen LogP contribution is 2.36. The topological polar surface area (TPSA) is 100 Å². The van der Waals surface area contributed by atoms with E-state index in [2.05, 4.69) is 29.5 Å². The van der Waals surface area contributed by atoms with E-state index in [4.69, 9.17) is 9.47 Å². The molecule has 2 heterocycles. The van der Waals surface area contributed by atoms with E-state index in [0.29, 0.717) is 30.6 Å². The summed E-state index contributed by atoms with van der Waals surface area (Å²) in [5, 5.41) is 3.48. The summed E-state index contributed by atoms with van der Waals surface area (Å²) < 4.78 is 10.9. The van der Waals surface area contributed by atoms with Gasteiger partial charge in [-0.15, -0.1) is 0 Å². The van der Waals surface area contributed by atoms with Gasteiger partial charge in [0, 0.05) is 12.6 Å². The molecule has 2 N–H and O–H groups in total. The lowest BCUT2D eigenvalue weighted by Gasteiger charge is -2.41. The SMILES string of the molecule is CC[C@]1(C)NC(=O)N(NC(=O)CN(Cc2ccc3c(c2)OCO3)[C@@H]2CCC[C@@H](C)[C@@H]2C)C1=O. The van der Waals surface area contributed by atoms with E-state index >= 15 is 0 Å². The number of benzene rings is 1. The maximum absolute atomic E-state index is 13.0. The molecule has 4 rings (SSSR count). The number of carbonyl (C=O) groups excluding carboxylic acids is 3. The Hall–Kier alpha value is -2.81. The molecule has 2 aliphatic heterocycles. The van der Waals surface area contributed by atoms with Gasteiger partial charge >= 0.3 is 6.03 Å². The fourth-order valence-electron chi connectivity index (χ4n) is 5.00. The Morgan fingerprint density at radius 1 is 1.24 bits per heavy atom. The first-order valence-corrected chi connectivity index (χ1v) is 11.8. The molecule has 0 bridgehead atoms. The standard InChI is InChI=1S/C24H34N4O5/c1-5-24(4)22(30)28(23(31)25-24)26-21(29)13-27(18-8-6-7-15(2)16(18)3)12-17-9-10-19-20(11-17)33-14-32-19/h9-11,15-16,18H,5-8,12-14H2,1-4H3,(H,25,31)(H,26,29)/t15-,16+,18-,24+/m1/s1. The highest BCUT2D eigenvalue weighted by molar-refractivity contribution is 6.07. The van der Waals surface area contributed by atoms with E-state index in [0.717, 1.165) is 29.2 Å². The van der Waals surface area contributed by atoms with Crippen LogP contribution in [-0.4, -0.2) is 52.7 Å². The van der Waals surface area contributed by atoms with Gasteiger partial charge in [-0.2, -0.15) is 5.01 Å². The van der Waals surface area contributed by atoms with Gasteiger partial charge in [-0.25, -0.2) is 4.79 Å². The third-order valence-corrected chi connectivity index (χ3v) is 7.51. The normalized spacial score (nSPS) is 28.9. The van der Waals surface area contributed by atoms with E-state index in [9.17, 15) is 14.4 Å². The molecule has 9 heteroatoms. The average molecular weight is 459 g/mol. The van der Waals surface area contributed by atoms with Crippen molar-refractivity contribution >= 4 is 17.8 Å². The predicted octanol–water partition coefficient (Wildman–Crippen LogP) is 2.79. The number of urea groups is 1. The van der Waals surface area contributed by atoms with Crippen LogP contribution in [0.2, 0.25) is 0 Å². The molecule has 1 aromatic carbocycles. The van der Waals surface area contributed by atoms with Crippen molar-refractivity contribution in [2.75, 3.05) is 13.3 Å². The van der Waals surface area contributed by atoms with Crippen LogP contribution >= 0.6 is 0 Å². The predicted molar refractivity (Wildman–Crippen MR) is 121 cm³/mol. The molecule has 1 saturated carbocycles. The van der Waals surface area contributed by atoms with E-state index in [1.807, 2.05) is 25.1 Å². The van der Waals surface area contributed by atoms with Crippen LogP contribution in [0.4, 0.5) is 4.79 Å². The summed E-state index contributed by atoms with van der Waals surface area (Å²) in [4.78, 5) is 40.2. The second-order valence-electron chi connectivity index (χ2n) is 9.72. The molecule has 1 saturated heterocycles. The van der Waals surface area contributed by atoms with E-state index < -0.39 is 17.5 Å². The number of ether oxygens (including phenoxy) is 2. The second-order valence-corrected chi connectivity index (χ2v) is 9.72. The lowest BCUT2D eigenvalue weighted by atomic mass is 9.77. The Morgan fingerprint density at radius 2 is 2.00 bits per heavy atom. The fourth-order valence-corrected chi connectivity index (χ4v) is 5.00. The van der Waals surface area contributed by atoms with Crippen LogP contribution < -0.4 is 20.2 Å². The monoisotopic (exact) mass is 458 g/mol. The zero-order chi connectivity index (χ0) is 23.8. The number of carbonyl (C=O) groups is 3. The van der Waals surface area contributed by atoms with Gasteiger partial charge in [-0.3, -0.25) is 19.9 Å². The Balaban J connectivity index is 1.50. The zero-order valence-corrected chi connectivity index (χ0v) is 19.8. The third kappa shape index (κ3) is 4.64. The second kappa shape index (κ2) is 9.21. The van der Waals surface area contributed by atoms with E-state index in [1.54, 1.807) is 6.92 Å². The van der Waals surface area contributed by atoms with Gasteiger partial charge in [0.05, 0.1) is 6.54 Å². The number of amides is 4. The van der Waals surface area contributed by atoms with Crippen molar-refractivity contribution in [2.45, 2.75) is 71.5 Å². The largest absolute Gasteiger partial charge is 0.454 e. The minimum Gasteiger partial charge on any atom is -0.454 e. The summed E-state index contributed by atoms with van der Waals surface area (Å²) >= 11 is 0. The van der Waals surface area contributed by atoms with Crippen molar-refractivity contribution in [3.05, 3.63) is 23.8 Å².